The first kappa shape index (κ1) is 12.3. The maximum absolute atomic E-state index is 11.7. The van der Waals surface area contributed by atoms with Crippen LogP contribution >= 0.6 is 0 Å². The Balaban J connectivity index is 2.57. The lowest BCUT2D eigenvalue weighted by molar-refractivity contribution is -0.153. The number of cyclic esters (lactones) is 2. The van der Waals surface area contributed by atoms with Crippen LogP contribution in [-0.4, -0.2) is 11.9 Å². The maximum Gasteiger partial charge on any atom is 0.321 e. The minimum atomic E-state index is -0.363. The fourth-order valence-electron chi connectivity index (χ4n) is 3.05. The van der Waals surface area contributed by atoms with E-state index >= 15 is 0 Å². The molecule has 0 spiro atoms. The summed E-state index contributed by atoms with van der Waals surface area (Å²) in [6.45, 7) is 12.5. The molecule has 94 valence electrons. The van der Waals surface area contributed by atoms with E-state index in [1.165, 1.54) is 0 Å². The molecular formula is C14H20O3. The molecule has 0 radical (unpaired) electrons. The highest BCUT2D eigenvalue weighted by atomic mass is 16.6. The number of carbonyl (C=O) groups is 2. The largest absolute Gasteiger partial charge is 0.392 e. The van der Waals surface area contributed by atoms with Gasteiger partial charge in [-0.2, -0.15) is 0 Å². The van der Waals surface area contributed by atoms with Gasteiger partial charge in [-0.15, -0.1) is 0 Å². The molecule has 0 amide bonds. The monoisotopic (exact) mass is 236 g/mol. The normalized spacial score (nSPS) is 29.1. The average Bonchev–Trinajstić information content (AvgIpc) is 2.13. The van der Waals surface area contributed by atoms with Gasteiger partial charge in [-0.1, -0.05) is 41.5 Å². The van der Waals surface area contributed by atoms with Crippen LogP contribution in [0, 0.1) is 22.7 Å². The van der Waals surface area contributed by atoms with Crippen molar-refractivity contribution in [2.45, 2.75) is 41.5 Å². The molecular weight excluding hydrogens is 216 g/mol. The van der Waals surface area contributed by atoms with Crippen molar-refractivity contribution in [3.8, 4) is 0 Å². The van der Waals surface area contributed by atoms with Crippen molar-refractivity contribution in [3.63, 3.8) is 0 Å². The molecule has 1 aliphatic carbocycles. The summed E-state index contributed by atoms with van der Waals surface area (Å²) in [5, 5.41) is 0. The van der Waals surface area contributed by atoms with Crippen LogP contribution in [0.15, 0.2) is 11.1 Å². The number of rotatable bonds is 0. The van der Waals surface area contributed by atoms with Crippen molar-refractivity contribution in [2.24, 2.45) is 22.7 Å². The molecule has 0 aromatic heterocycles. The number of fused-ring (bicyclic) bond motifs is 1. The van der Waals surface area contributed by atoms with E-state index in [0.717, 1.165) is 11.1 Å². The number of esters is 2. The Morgan fingerprint density at radius 3 is 1.29 bits per heavy atom. The zero-order valence-electron chi connectivity index (χ0n) is 11.4. The lowest BCUT2D eigenvalue weighted by Crippen LogP contribution is -2.43. The van der Waals surface area contributed by atoms with Crippen LogP contribution in [0.2, 0.25) is 0 Å². The van der Waals surface area contributed by atoms with Crippen LogP contribution in [-0.2, 0) is 14.3 Å². The summed E-state index contributed by atoms with van der Waals surface area (Å²) in [7, 11) is 0. The van der Waals surface area contributed by atoms with Crippen LogP contribution in [0.25, 0.3) is 0 Å². The van der Waals surface area contributed by atoms with Gasteiger partial charge in [-0.3, -0.25) is 9.59 Å². The minimum Gasteiger partial charge on any atom is -0.392 e. The predicted octanol–water partition coefficient (Wildman–Crippen LogP) is 2.70. The molecule has 0 aromatic carbocycles. The minimum absolute atomic E-state index is 0.0899. The van der Waals surface area contributed by atoms with E-state index in [-0.39, 0.29) is 34.6 Å². The Labute approximate surface area is 102 Å². The second-order valence-corrected chi connectivity index (χ2v) is 7.02. The molecule has 0 aromatic rings. The van der Waals surface area contributed by atoms with Crippen LogP contribution < -0.4 is 0 Å². The van der Waals surface area contributed by atoms with E-state index in [2.05, 4.69) is 41.5 Å². The number of carbonyl (C=O) groups excluding carboxylic acids is 2. The molecule has 3 nitrogen and oxygen atoms in total. The van der Waals surface area contributed by atoms with E-state index < -0.39 is 0 Å². The van der Waals surface area contributed by atoms with Gasteiger partial charge in [0.2, 0.25) is 0 Å². The maximum atomic E-state index is 11.7. The van der Waals surface area contributed by atoms with Gasteiger partial charge in [0.15, 0.2) is 0 Å². The lowest BCUT2D eigenvalue weighted by atomic mass is 9.55. The first-order valence-corrected chi connectivity index (χ1v) is 6.05. The SMILES string of the molecule is CC(C)(C)C1=C(C(C)(C)C)[C@@H]2C(=O)OC(=O)[C@@H]12. The molecule has 0 unspecified atom stereocenters. The van der Waals surface area contributed by atoms with E-state index in [9.17, 15) is 9.59 Å². The molecule has 1 aliphatic heterocycles. The topological polar surface area (TPSA) is 43.4 Å². The molecule has 2 rings (SSSR count). The van der Waals surface area contributed by atoms with Gasteiger partial charge in [-0.25, -0.2) is 0 Å². The van der Waals surface area contributed by atoms with Gasteiger partial charge in [0.25, 0.3) is 0 Å². The van der Waals surface area contributed by atoms with Crippen molar-refractivity contribution in [1.29, 1.82) is 0 Å². The summed E-state index contributed by atoms with van der Waals surface area (Å²) < 4.78 is 4.78. The molecule has 1 saturated heterocycles. The summed E-state index contributed by atoms with van der Waals surface area (Å²) in [6.07, 6.45) is 0. The Kier molecular flexibility index (Phi) is 2.33. The molecule has 0 saturated carbocycles. The first-order chi connectivity index (χ1) is 7.55. The predicted molar refractivity (Wildman–Crippen MR) is 64.0 cm³/mol. The van der Waals surface area contributed by atoms with Crippen LogP contribution in [0.4, 0.5) is 0 Å². The Hall–Kier alpha value is -1.12. The van der Waals surface area contributed by atoms with Crippen LogP contribution in [0.5, 0.6) is 0 Å². The van der Waals surface area contributed by atoms with E-state index in [0.29, 0.717) is 0 Å². The highest BCUT2D eigenvalue weighted by Gasteiger charge is 2.60. The third kappa shape index (κ3) is 1.63. The van der Waals surface area contributed by atoms with Gasteiger partial charge in [0.1, 0.15) is 0 Å². The second kappa shape index (κ2) is 3.21. The molecule has 2 atom stereocenters. The lowest BCUT2D eigenvalue weighted by Gasteiger charge is -2.46. The van der Waals surface area contributed by atoms with Gasteiger partial charge in [-0.05, 0) is 22.0 Å². The van der Waals surface area contributed by atoms with Crippen molar-refractivity contribution < 1.29 is 14.3 Å². The summed E-state index contributed by atoms with van der Waals surface area (Å²) in [5.41, 5.74) is 2.03. The van der Waals surface area contributed by atoms with Gasteiger partial charge in [0, 0.05) is 0 Å². The quantitative estimate of drug-likeness (QED) is 0.369. The number of hydrogen-bond donors (Lipinski definition) is 0. The van der Waals surface area contributed by atoms with E-state index in [1.807, 2.05) is 0 Å². The fraction of sp³-hybridized carbons (Fsp3) is 0.714. The van der Waals surface area contributed by atoms with Gasteiger partial charge < -0.3 is 4.74 Å². The first-order valence-electron chi connectivity index (χ1n) is 6.05. The van der Waals surface area contributed by atoms with Crippen molar-refractivity contribution in [2.75, 3.05) is 0 Å². The van der Waals surface area contributed by atoms with Crippen molar-refractivity contribution in [1.82, 2.24) is 0 Å². The Bertz CT molecular complexity index is 389. The highest BCUT2D eigenvalue weighted by Crippen LogP contribution is 2.58. The molecule has 0 bridgehead atoms. The highest BCUT2D eigenvalue weighted by molar-refractivity contribution is 6.03. The summed E-state index contributed by atoms with van der Waals surface area (Å²) in [6, 6.07) is 0. The summed E-state index contributed by atoms with van der Waals surface area (Å²) in [5.74, 6) is -1.37. The molecule has 0 N–H and O–H groups in total. The number of ether oxygens (including phenoxy) is 1. The molecule has 2 aliphatic rings. The molecule has 1 heterocycles. The summed E-state index contributed by atoms with van der Waals surface area (Å²) in [4.78, 5) is 23.4. The zero-order valence-corrected chi connectivity index (χ0v) is 11.4. The Morgan fingerprint density at radius 1 is 0.765 bits per heavy atom. The smallest absolute Gasteiger partial charge is 0.321 e. The Morgan fingerprint density at radius 2 is 1.06 bits per heavy atom. The van der Waals surface area contributed by atoms with E-state index in [4.69, 9.17) is 4.74 Å². The third-order valence-electron chi connectivity index (χ3n) is 3.57. The van der Waals surface area contributed by atoms with Crippen molar-refractivity contribution in [3.05, 3.63) is 11.1 Å². The standard InChI is InChI=1S/C14H20O3/c1-13(2,3)9-7-8(10(9)14(4,5)6)12(16)17-11(7)15/h7-8H,1-6H3/t7-,8-/m1/s1. The second-order valence-electron chi connectivity index (χ2n) is 7.02. The average molecular weight is 236 g/mol. The van der Waals surface area contributed by atoms with Crippen LogP contribution in [0.1, 0.15) is 41.5 Å². The third-order valence-corrected chi connectivity index (χ3v) is 3.57. The molecule has 3 heteroatoms. The van der Waals surface area contributed by atoms with E-state index in [1.54, 1.807) is 0 Å². The van der Waals surface area contributed by atoms with Gasteiger partial charge in [0.05, 0.1) is 11.8 Å². The fourth-order valence-corrected chi connectivity index (χ4v) is 3.05. The van der Waals surface area contributed by atoms with Crippen molar-refractivity contribution >= 4 is 11.9 Å². The molecule has 1 fully saturated rings. The summed E-state index contributed by atoms with van der Waals surface area (Å²) >= 11 is 0. The van der Waals surface area contributed by atoms with Gasteiger partial charge >= 0.3 is 11.9 Å². The zero-order chi connectivity index (χ0) is 13.2. The van der Waals surface area contributed by atoms with Crippen LogP contribution in [0.3, 0.4) is 0 Å². The molecule has 17 heavy (non-hydrogen) atoms. The number of hydrogen-bond acceptors (Lipinski definition) is 3.